The van der Waals surface area contributed by atoms with Gasteiger partial charge in [-0.2, -0.15) is 0 Å². The van der Waals surface area contributed by atoms with Gasteiger partial charge in [0.15, 0.2) is 0 Å². The molecule has 0 aromatic carbocycles. The highest BCUT2D eigenvalue weighted by Gasteiger charge is 1.85. The molecule has 0 heterocycles. The minimum atomic E-state index is 0.754. The predicted molar refractivity (Wildman–Crippen MR) is 51.4 cm³/mol. The summed E-state index contributed by atoms with van der Waals surface area (Å²) in [4.78, 5) is 0. The Morgan fingerprint density at radius 2 is 2.09 bits per heavy atom. The summed E-state index contributed by atoms with van der Waals surface area (Å²) in [7, 11) is 0. The maximum atomic E-state index is 5.33. The Balaban J connectivity index is 3.57. The SMILES string of the molecule is C=C(C)C(=C)/C=C\CCCN. The molecule has 0 atom stereocenters. The molecule has 0 unspecified atom stereocenters. The van der Waals surface area contributed by atoms with Crippen LogP contribution in [0.4, 0.5) is 0 Å². The summed E-state index contributed by atoms with van der Waals surface area (Å²) in [5.74, 6) is 0. The second-order valence-electron chi connectivity index (χ2n) is 2.64. The van der Waals surface area contributed by atoms with Gasteiger partial charge in [0.2, 0.25) is 0 Å². The molecule has 0 rings (SSSR count). The first kappa shape index (κ1) is 10.2. The number of nitrogens with two attached hydrogens (primary N) is 1. The van der Waals surface area contributed by atoms with Gasteiger partial charge in [-0.25, -0.2) is 0 Å². The molecule has 0 saturated carbocycles. The molecule has 2 N–H and O–H groups in total. The molecule has 0 aliphatic heterocycles. The largest absolute Gasteiger partial charge is 0.330 e. The summed E-state index contributed by atoms with van der Waals surface area (Å²) in [6.45, 7) is 10.3. The van der Waals surface area contributed by atoms with Gasteiger partial charge >= 0.3 is 0 Å². The van der Waals surface area contributed by atoms with E-state index in [1.54, 1.807) is 0 Å². The fourth-order valence-corrected chi connectivity index (χ4v) is 0.604. The lowest BCUT2D eigenvalue weighted by atomic mass is 10.1. The van der Waals surface area contributed by atoms with E-state index in [2.05, 4.69) is 19.2 Å². The molecule has 0 aliphatic rings. The molecule has 1 heteroatoms. The number of rotatable bonds is 5. The Kier molecular flexibility index (Phi) is 5.49. The van der Waals surface area contributed by atoms with Gasteiger partial charge in [-0.15, -0.1) is 0 Å². The van der Waals surface area contributed by atoms with E-state index in [4.69, 9.17) is 5.73 Å². The van der Waals surface area contributed by atoms with E-state index >= 15 is 0 Å². The van der Waals surface area contributed by atoms with Gasteiger partial charge in [-0.05, 0) is 31.9 Å². The number of hydrogen-bond donors (Lipinski definition) is 1. The van der Waals surface area contributed by atoms with Crippen LogP contribution in [-0.4, -0.2) is 6.54 Å². The topological polar surface area (TPSA) is 26.0 Å². The van der Waals surface area contributed by atoms with Gasteiger partial charge in [0, 0.05) is 0 Å². The van der Waals surface area contributed by atoms with Crippen LogP contribution in [0.2, 0.25) is 0 Å². The highest BCUT2D eigenvalue weighted by atomic mass is 14.5. The Bertz CT molecular complexity index is 166. The van der Waals surface area contributed by atoms with Crippen LogP contribution in [0.1, 0.15) is 19.8 Å². The van der Waals surface area contributed by atoms with E-state index < -0.39 is 0 Å². The van der Waals surface area contributed by atoms with Crippen molar-refractivity contribution in [2.24, 2.45) is 5.73 Å². The van der Waals surface area contributed by atoms with E-state index in [0.29, 0.717) is 0 Å². The molecule has 11 heavy (non-hydrogen) atoms. The number of allylic oxidation sites excluding steroid dienone is 4. The summed E-state index contributed by atoms with van der Waals surface area (Å²) in [6, 6.07) is 0. The molecule has 62 valence electrons. The third-order valence-corrected chi connectivity index (χ3v) is 1.44. The monoisotopic (exact) mass is 151 g/mol. The average Bonchev–Trinajstić information content (AvgIpc) is 1.97. The fourth-order valence-electron chi connectivity index (χ4n) is 0.604. The van der Waals surface area contributed by atoms with Crippen LogP contribution in [0.25, 0.3) is 0 Å². The van der Waals surface area contributed by atoms with Crippen LogP contribution in [0.3, 0.4) is 0 Å². The van der Waals surface area contributed by atoms with Crippen molar-refractivity contribution in [1.82, 2.24) is 0 Å². The average molecular weight is 151 g/mol. The Labute approximate surface area is 69.3 Å². The van der Waals surface area contributed by atoms with Crippen LogP contribution < -0.4 is 5.73 Å². The highest BCUT2D eigenvalue weighted by Crippen LogP contribution is 2.05. The quantitative estimate of drug-likeness (QED) is 0.474. The standard InChI is InChI=1S/C10H17N/c1-9(2)10(3)7-5-4-6-8-11/h5,7H,1,3-4,6,8,11H2,2H3/b7-5-. The number of unbranched alkanes of at least 4 members (excludes halogenated alkanes) is 1. The Morgan fingerprint density at radius 3 is 2.55 bits per heavy atom. The molecule has 0 radical (unpaired) electrons. The number of hydrogen-bond acceptors (Lipinski definition) is 1. The van der Waals surface area contributed by atoms with Crippen molar-refractivity contribution in [3.63, 3.8) is 0 Å². The van der Waals surface area contributed by atoms with Crippen molar-refractivity contribution < 1.29 is 0 Å². The van der Waals surface area contributed by atoms with Crippen LogP contribution in [-0.2, 0) is 0 Å². The second-order valence-corrected chi connectivity index (χ2v) is 2.64. The molecule has 0 saturated heterocycles. The van der Waals surface area contributed by atoms with Crippen molar-refractivity contribution in [3.8, 4) is 0 Å². The summed E-state index contributed by atoms with van der Waals surface area (Å²) < 4.78 is 0. The molecule has 0 aliphatic carbocycles. The second kappa shape index (κ2) is 5.93. The normalized spacial score (nSPS) is 10.4. The van der Waals surface area contributed by atoms with Gasteiger partial charge in [0.25, 0.3) is 0 Å². The van der Waals surface area contributed by atoms with Crippen molar-refractivity contribution >= 4 is 0 Å². The van der Waals surface area contributed by atoms with Crippen LogP contribution in [0, 0.1) is 0 Å². The molecule has 0 aromatic rings. The van der Waals surface area contributed by atoms with E-state index in [-0.39, 0.29) is 0 Å². The fraction of sp³-hybridized carbons (Fsp3) is 0.400. The molecule has 1 nitrogen and oxygen atoms in total. The van der Waals surface area contributed by atoms with Crippen molar-refractivity contribution in [2.45, 2.75) is 19.8 Å². The zero-order valence-electron chi connectivity index (χ0n) is 7.27. The van der Waals surface area contributed by atoms with E-state index in [1.807, 2.05) is 13.0 Å². The molecular weight excluding hydrogens is 134 g/mol. The first-order valence-electron chi connectivity index (χ1n) is 3.90. The van der Waals surface area contributed by atoms with Crippen molar-refractivity contribution in [1.29, 1.82) is 0 Å². The molecule has 0 spiro atoms. The highest BCUT2D eigenvalue weighted by molar-refractivity contribution is 5.33. The lowest BCUT2D eigenvalue weighted by Crippen LogP contribution is -1.96. The van der Waals surface area contributed by atoms with Crippen molar-refractivity contribution in [2.75, 3.05) is 6.54 Å². The predicted octanol–water partition coefficient (Wildman–Crippen LogP) is 2.41. The smallest absolute Gasteiger partial charge is 0.00743 e. The summed E-state index contributed by atoms with van der Waals surface area (Å²) in [5, 5.41) is 0. The minimum absolute atomic E-state index is 0.754. The molecular formula is C10H17N. The van der Waals surface area contributed by atoms with E-state index in [1.165, 1.54) is 0 Å². The van der Waals surface area contributed by atoms with Crippen LogP contribution in [0.5, 0.6) is 0 Å². The van der Waals surface area contributed by atoms with E-state index in [0.717, 1.165) is 30.5 Å². The van der Waals surface area contributed by atoms with Gasteiger partial charge in [-0.1, -0.05) is 30.9 Å². The summed E-state index contributed by atoms with van der Waals surface area (Å²) in [5.41, 5.74) is 7.36. The Hall–Kier alpha value is -0.820. The first-order valence-corrected chi connectivity index (χ1v) is 3.90. The van der Waals surface area contributed by atoms with E-state index in [9.17, 15) is 0 Å². The van der Waals surface area contributed by atoms with Crippen molar-refractivity contribution in [3.05, 3.63) is 36.5 Å². The van der Waals surface area contributed by atoms with Crippen LogP contribution >= 0.6 is 0 Å². The molecule has 0 fully saturated rings. The maximum absolute atomic E-state index is 5.33. The minimum Gasteiger partial charge on any atom is -0.330 e. The summed E-state index contributed by atoms with van der Waals surface area (Å²) in [6.07, 6.45) is 6.16. The molecule has 0 amide bonds. The first-order chi connectivity index (χ1) is 5.18. The van der Waals surface area contributed by atoms with Gasteiger partial charge < -0.3 is 5.73 Å². The van der Waals surface area contributed by atoms with Crippen LogP contribution in [0.15, 0.2) is 36.5 Å². The maximum Gasteiger partial charge on any atom is -0.00743 e. The molecule has 0 aromatic heterocycles. The Morgan fingerprint density at radius 1 is 1.45 bits per heavy atom. The third kappa shape index (κ3) is 5.62. The van der Waals surface area contributed by atoms with Gasteiger partial charge in [-0.3, -0.25) is 0 Å². The third-order valence-electron chi connectivity index (χ3n) is 1.44. The zero-order valence-corrected chi connectivity index (χ0v) is 7.27. The molecule has 0 bridgehead atoms. The van der Waals surface area contributed by atoms with Gasteiger partial charge in [0.1, 0.15) is 0 Å². The lowest BCUT2D eigenvalue weighted by molar-refractivity contribution is 0.854. The summed E-state index contributed by atoms with van der Waals surface area (Å²) >= 11 is 0. The lowest BCUT2D eigenvalue weighted by Gasteiger charge is -1.95. The van der Waals surface area contributed by atoms with Gasteiger partial charge in [0.05, 0.1) is 0 Å². The zero-order chi connectivity index (χ0) is 8.69.